The molecule has 0 atom stereocenters. The fourth-order valence-corrected chi connectivity index (χ4v) is 3.39. The van der Waals surface area contributed by atoms with E-state index in [1.54, 1.807) is 0 Å². The summed E-state index contributed by atoms with van der Waals surface area (Å²) in [4.78, 5) is 16.6. The normalized spacial score (nSPS) is 15.5. The topological polar surface area (TPSA) is 73.0 Å². The quantitative estimate of drug-likeness (QED) is 0.722. The van der Waals surface area contributed by atoms with Gasteiger partial charge in [-0.15, -0.1) is 0 Å². The molecule has 1 aliphatic rings. The number of aromatic nitrogens is 3. The summed E-state index contributed by atoms with van der Waals surface area (Å²) < 4.78 is 7.20. The van der Waals surface area contributed by atoms with Gasteiger partial charge in [0.25, 0.3) is 0 Å². The summed E-state index contributed by atoms with van der Waals surface area (Å²) in [5.41, 5.74) is 1.87. The number of hydrogen-bond acceptors (Lipinski definition) is 4. The van der Waals surface area contributed by atoms with Crippen molar-refractivity contribution < 1.29 is 9.32 Å². The van der Waals surface area contributed by atoms with E-state index in [4.69, 9.17) is 4.52 Å². The lowest BCUT2D eigenvalue weighted by atomic mass is 10.1. The van der Waals surface area contributed by atoms with Crippen molar-refractivity contribution in [2.45, 2.75) is 44.6 Å². The van der Waals surface area contributed by atoms with Gasteiger partial charge in [-0.05, 0) is 49.2 Å². The molecule has 1 fully saturated rings. The van der Waals surface area contributed by atoms with E-state index in [0.717, 1.165) is 36.9 Å². The van der Waals surface area contributed by atoms with Gasteiger partial charge < -0.3 is 14.4 Å². The van der Waals surface area contributed by atoms with Gasteiger partial charge in [0.2, 0.25) is 5.82 Å². The summed E-state index contributed by atoms with van der Waals surface area (Å²) in [5.74, 6) is 0.174. The second-order valence-electron chi connectivity index (χ2n) is 6.72. The molecule has 26 heavy (non-hydrogen) atoms. The van der Waals surface area contributed by atoms with Crippen LogP contribution in [0.15, 0.2) is 53.3 Å². The minimum Gasteiger partial charge on any atom is -0.345 e. The Morgan fingerprint density at radius 2 is 1.73 bits per heavy atom. The van der Waals surface area contributed by atoms with E-state index >= 15 is 0 Å². The fraction of sp³-hybridized carbons (Fsp3) is 0.350. The standard InChI is InChI=1S/C20H22N4O2/c25-19(21-16-7-3-1-2-4-8-16)20-22-18(23-26-20)15-9-11-17(12-10-15)24-13-5-6-14-24/h5-6,9-14,16H,1-4,7-8H2,(H,21,25). The first-order valence-electron chi connectivity index (χ1n) is 9.18. The Morgan fingerprint density at radius 1 is 1.04 bits per heavy atom. The molecule has 1 N–H and O–H groups in total. The van der Waals surface area contributed by atoms with E-state index in [0.29, 0.717) is 5.82 Å². The predicted molar refractivity (Wildman–Crippen MR) is 98.0 cm³/mol. The Labute approximate surface area is 152 Å². The van der Waals surface area contributed by atoms with Gasteiger partial charge in [-0.2, -0.15) is 4.98 Å². The predicted octanol–water partition coefficient (Wildman–Crippen LogP) is 3.98. The van der Waals surface area contributed by atoms with Gasteiger partial charge in [0.15, 0.2) is 0 Å². The van der Waals surface area contributed by atoms with Gasteiger partial charge in [-0.1, -0.05) is 30.8 Å². The van der Waals surface area contributed by atoms with Crippen molar-refractivity contribution in [1.29, 1.82) is 0 Å². The lowest BCUT2D eigenvalue weighted by Crippen LogP contribution is -2.34. The Kier molecular flexibility index (Phi) is 4.82. The van der Waals surface area contributed by atoms with Crippen LogP contribution in [0.2, 0.25) is 0 Å². The molecule has 2 aromatic heterocycles. The first kappa shape index (κ1) is 16.6. The third kappa shape index (κ3) is 3.69. The highest BCUT2D eigenvalue weighted by molar-refractivity contribution is 5.90. The van der Waals surface area contributed by atoms with Gasteiger partial charge in [-0.3, -0.25) is 4.79 Å². The van der Waals surface area contributed by atoms with Crippen molar-refractivity contribution in [3.05, 3.63) is 54.7 Å². The van der Waals surface area contributed by atoms with Crippen molar-refractivity contribution in [3.63, 3.8) is 0 Å². The Bertz CT molecular complexity index is 844. The number of amides is 1. The monoisotopic (exact) mass is 350 g/mol. The van der Waals surface area contributed by atoms with Gasteiger partial charge >= 0.3 is 11.8 Å². The molecule has 6 heteroatoms. The number of nitrogens with one attached hydrogen (secondary N) is 1. The van der Waals surface area contributed by atoms with Crippen LogP contribution in [-0.4, -0.2) is 26.7 Å². The maximum atomic E-state index is 12.4. The van der Waals surface area contributed by atoms with Crippen LogP contribution in [0.5, 0.6) is 0 Å². The highest BCUT2D eigenvalue weighted by Gasteiger charge is 2.20. The summed E-state index contributed by atoms with van der Waals surface area (Å²) in [5, 5.41) is 6.99. The van der Waals surface area contributed by atoms with Crippen molar-refractivity contribution in [2.75, 3.05) is 0 Å². The zero-order valence-electron chi connectivity index (χ0n) is 14.6. The largest absolute Gasteiger partial charge is 0.345 e. The first-order valence-corrected chi connectivity index (χ1v) is 9.18. The summed E-state index contributed by atoms with van der Waals surface area (Å²) in [6, 6.07) is 12.0. The summed E-state index contributed by atoms with van der Waals surface area (Å²) in [6.07, 6.45) is 10.8. The third-order valence-corrected chi connectivity index (χ3v) is 4.84. The molecule has 2 heterocycles. The van der Waals surface area contributed by atoms with Crippen LogP contribution in [0.4, 0.5) is 0 Å². The molecule has 0 saturated heterocycles. The maximum Gasteiger partial charge on any atom is 0.316 e. The number of nitrogens with zero attached hydrogens (tertiary/aromatic N) is 3. The lowest BCUT2D eigenvalue weighted by molar-refractivity contribution is 0.0889. The Morgan fingerprint density at radius 3 is 2.42 bits per heavy atom. The molecule has 0 radical (unpaired) electrons. The number of carbonyl (C=O) groups excluding carboxylic acids is 1. The third-order valence-electron chi connectivity index (χ3n) is 4.84. The number of carbonyl (C=O) groups is 1. The summed E-state index contributed by atoms with van der Waals surface area (Å²) in [6.45, 7) is 0. The van der Waals surface area contributed by atoms with Crippen molar-refractivity contribution >= 4 is 5.91 Å². The minimum atomic E-state index is -0.278. The van der Waals surface area contributed by atoms with Crippen LogP contribution in [0.3, 0.4) is 0 Å². The van der Waals surface area contributed by atoms with Crippen LogP contribution in [0.1, 0.15) is 49.2 Å². The molecule has 0 spiro atoms. The Balaban J connectivity index is 1.44. The van der Waals surface area contributed by atoms with E-state index in [2.05, 4.69) is 15.5 Å². The van der Waals surface area contributed by atoms with Crippen molar-refractivity contribution in [2.24, 2.45) is 0 Å². The summed E-state index contributed by atoms with van der Waals surface area (Å²) in [7, 11) is 0. The van der Waals surface area contributed by atoms with Crippen LogP contribution < -0.4 is 5.32 Å². The first-order chi connectivity index (χ1) is 12.8. The van der Waals surface area contributed by atoms with Crippen LogP contribution in [0.25, 0.3) is 17.1 Å². The maximum absolute atomic E-state index is 12.4. The van der Waals surface area contributed by atoms with Crippen LogP contribution in [-0.2, 0) is 0 Å². The van der Waals surface area contributed by atoms with E-state index in [9.17, 15) is 4.79 Å². The minimum absolute atomic E-state index is 0.0266. The van der Waals surface area contributed by atoms with E-state index < -0.39 is 0 Å². The number of hydrogen-bond donors (Lipinski definition) is 1. The van der Waals surface area contributed by atoms with Crippen molar-refractivity contribution in [1.82, 2.24) is 20.0 Å². The smallest absolute Gasteiger partial charge is 0.316 e. The second kappa shape index (κ2) is 7.56. The summed E-state index contributed by atoms with van der Waals surface area (Å²) >= 11 is 0. The number of benzene rings is 1. The fourth-order valence-electron chi connectivity index (χ4n) is 3.39. The van der Waals surface area contributed by atoms with E-state index in [-0.39, 0.29) is 17.8 Å². The number of rotatable bonds is 4. The molecular weight excluding hydrogens is 328 g/mol. The molecule has 0 bridgehead atoms. The van der Waals surface area contributed by atoms with Crippen LogP contribution in [0, 0.1) is 0 Å². The zero-order chi connectivity index (χ0) is 17.8. The second-order valence-corrected chi connectivity index (χ2v) is 6.72. The van der Waals surface area contributed by atoms with Gasteiger partial charge in [0.1, 0.15) is 0 Å². The molecule has 1 aliphatic carbocycles. The average molecular weight is 350 g/mol. The lowest BCUT2D eigenvalue weighted by Gasteiger charge is -2.14. The average Bonchev–Trinajstić information content (AvgIpc) is 3.31. The van der Waals surface area contributed by atoms with Gasteiger partial charge in [0.05, 0.1) is 0 Å². The molecule has 4 rings (SSSR count). The molecule has 1 saturated carbocycles. The zero-order valence-corrected chi connectivity index (χ0v) is 14.6. The molecule has 0 unspecified atom stereocenters. The molecule has 1 amide bonds. The van der Waals surface area contributed by atoms with Gasteiger partial charge in [-0.25, -0.2) is 0 Å². The van der Waals surface area contributed by atoms with Crippen LogP contribution >= 0.6 is 0 Å². The molecular formula is C20H22N4O2. The highest BCUT2D eigenvalue weighted by atomic mass is 16.5. The molecule has 3 aromatic rings. The van der Waals surface area contributed by atoms with Crippen molar-refractivity contribution in [3.8, 4) is 17.1 Å². The SMILES string of the molecule is O=C(NC1CCCCCC1)c1nc(-c2ccc(-n3cccc3)cc2)no1. The molecule has 0 aliphatic heterocycles. The van der Waals surface area contributed by atoms with E-state index in [1.807, 2.05) is 53.4 Å². The Hall–Kier alpha value is -2.89. The molecule has 6 nitrogen and oxygen atoms in total. The van der Waals surface area contributed by atoms with Gasteiger partial charge in [0, 0.05) is 29.7 Å². The highest BCUT2D eigenvalue weighted by Crippen LogP contribution is 2.20. The molecule has 1 aromatic carbocycles. The van der Waals surface area contributed by atoms with E-state index in [1.165, 1.54) is 12.8 Å². The molecule has 134 valence electrons.